The number of ether oxygens (including phenoxy) is 2. The molecule has 150 valence electrons. The number of hydrogen-bond acceptors (Lipinski definition) is 4. The third-order valence-corrected chi connectivity index (χ3v) is 4.25. The van der Waals surface area contributed by atoms with Gasteiger partial charge in [-0.25, -0.2) is 4.79 Å². The number of aliphatic hydroxyl groups is 1. The monoisotopic (exact) mass is 390 g/mol. The second kappa shape index (κ2) is 8.93. The Labute approximate surface area is 171 Å². The smallest absolute Gasteiger partial charge is 0.338 e. The molecule has 29 heavy (non-hydrogen) atoms. The summed E-state index contributed by atoms with van der Waals surface area (Å²) in [6.45, 7) is 5.90. The Balaban J connectivity index is 1.79. The predicted molar refractivity (Wildman–Crippen MR) is 114 cm³/mol. The van der Waals surface area contributed by atoms with Crippen LogP contribution in [0, 0.1) is 0 Å². The Hall–Kier alpha value is -3.11. The summed E-state index contributed by atoms with van der Waals surface area (Å²) >= 11 is 0. The van der Waals surface area contributed by atoms with Gasteiger partial charge in [0.05, 0.1) is 12.2 Å². The van der Waals surface area contributed by atoms with Gasteiger partial charge in [0.25, 0.3) is 0 Å². The van der Waals surface area contributed by atoms with Crippen molar-refractivity contribution in [3.05, 3.63) is 89.5 Å². The van der Waals surface area contributed by atoms with Crippen molar-refractivity contribution in [3.63, 3.8) is 0 Å². The number of esters is 1. The van der Waals surface area contributed by atoms with Crippen molar-refractivity contribution in [3.8, 4) is 16.9 Å². The molecule has 0 aromatic heterocycles. The van der Waals surface area contributed by atoms with Crippen LogP contribution < -0.4 is 4.74 Å². The van der Waals surface area contributed by atoms with Gasteiger partial charge in [0.15, 0.2) is 0 Å². The molecule has 0 saturated carbocycles. The highest BCUT2D eigenvalue weighted by Gasteiger charge is 2.17. The highest BCUT2D eigenvalue weighted by Crippen LogP contribution is 2.27. The van der Waals surface area contributed by atoms with Crippen LogP contribution in [0.4, 0.5) is 0 Å². The van der Waals surface area contributed by atoms with E-state index in [2.05, 4.69) is 0 Å². The first kappa shape index (κ1) is 20.6. The first-order valence-corrected chi connectivity index (χ1v) is 9.59. The van der Waals surface area contributed by atoms with Crippen molar-refractivity contribution in [2.45, 2.75) is 39.6 Å². The van der Waals surface area contributed by atoms with Crippen LogP contribution >= 0.6 is 0 Å². The molecule has 0 aliphatic rings. The summed E-state index contributed by atoms with van der Waals surface area (Å²) in [7, 11) is 0. The van der Waals surface area contributed by atoms with E-state index in [0.29, 0.717) is 17.9 Å². The molecule has 0 atom stereocenters. The third kappa shape index (κ3) is 5.93. The normalized spacial score (nSPS) is 11.2. The molecule has 3 rings (SSSR count). The Morgan fingerprint density at radius 2 is 1.55 bits per heavy atom. The largest absolute Gasteiger partial charge is 0.489 e. The molecule has 0 unspecified atom stereocenters. The lowest BCUT2D eigenvalue weighted by molar-refractivity contribution is 0.00695. The molecule has 0 fully saturated rings. The highest BCUT2D eigenvalue weighted by molar-refractivity contribution is 5.90. The first-order valence-electron chi connectivity index (χ1n) is 9.59. The number of hydrogen-bond donors (Lipinski definition) is 1. The van der Waals surface area contributed by atoms with Crippen LogP contribution in [0.3, 0.4) is 0 Å². The summed E-state index contributed by atoms with van der Waals surface area (Å²) in [5, 5.41) is 9.63. The molecule has 1 N–H and O–H groups in total. The van der Waals surface area contributed by atoms with Gasteiger partial charge in [0.2, 0.25) is 0 Å². The zero-order chi connectivity index (χ0) is 20.9. The van der Waals surface area contributed by atoms with E-state index in [1.807, 2.05) is 81.4 Å². The Morgan fingerprint density at radius 3 is 2.17 bits per heavy atom. The number of carbonyl (C=O) groups excluding carboxylic acids is 1. The zero-order valence-corrected chi connectivity index (χ0v) is 17.0. The van der Waals surface area contributed by atoms with E-state index in [1.54, 1.807) is 12.1 Å². The van der Waals surface area contributed by atoms with Crippen molar-refractivity contribution < 1.29 is 19.4 Å². The molecule has 3 aromatic rings. The summed E-state index contributed by atoms with van der Waals surface area (Å²) in [6.07, 6.45) is 0. The van der Waals surface area contributed by atoms with Gasteiger partial charge in [0, 0.05) is 0 Å². The van der Waals surface area contributed by atoms with E-state index in [1.165, 1.54) is 0 Å². The molecular weight excluding hydrogens is 364 g/mol. The Bertz CT molecular complexity index is 954. The van der Waals surface area contributed by atoms with E-state index in [9.17, 15) is 9.90 Å². The molecule has 0 heterocycles. The highest BCUT2D eigenvalue weighted by atomic mass is 16.6. The van der Waals surface area contributed by atoms with E-state index in [0.717, 1.165) is 22.3 Å². The van der Waals surface area contributed by atoms with Crippen LogP contribution in [-0.4, -0.2) is 16.7 Å². The fourth-order valence-corrected chi connectivity index (χ4v) is 2.88. The molecule has 0 saturated heterocycles. The van der Waals surface area contributed by atoms with E-state index in [4.69, 9.17) is 9.47 Å². The van der Waals surface area contributed by atoms with Gasteiger partial charge in [-0.05, 0) is 73.4 Å². The summed E-state index contributed by atoms with van der Waals surface area (Å²) < 4.78 is 11.3. The maximum atomic E-state index is 12.2. The summed E-state index contributed by atoms with van der Waals surface area (Å²) in [6, 6.07) is 22.9. The number of rotatable bonds is 6. The minimum absolute atomic E-state index is 0.0778. The predicted octanol–water partition coefficient (Wildman–Crippen LogP) is 5.38. The lowest BCUT2D eigenvalue weighted by Gasteiger charge is -2.19. The maximum absolute atomic E-state index is 12.2. The molecule has 3 aromatic carbocycles. The van der Waals surface area contributed by atoms with E-state index >= 15 is 0 Å². The van der Waals surface area contributed by atoms with Crippen molar-refractivity contribution in [2.24, 2.45) is 0 Å². The summed E-state index contributed by atoms with van der Waals surface area (Å²) in [4.78, 5) is 12.2. The molecule has 0 radical (unpaired) electrons. The molecule has 0 bridgehead atoms. The lowest BCUT2D eigenvalue weighted by atomic mass is 10.0. The van der Waals surface area contributed by atoms with Gasteiger partial charge in [-0.3, -0.25) is 0 Å². The standard InChI is InChI=1S/C25H26O4/c1-25(2,3)29-24(27)21-11-9-20(10-12-21)22-13-19(16-26)14-23(15-22)28-17-18-7-5-4-6-8-18/h4-15,26H,16-17H2,1-3H3. The van der Waals surface area contributed by atoms with Gasteiger partial charge in [-0.15, -0.1) is 0 Å². The summed E-state index contributed by atoms with van der Waals surface area (Å²) in [5.74, 6) is 0.340. The fourth-order valence-electron chi connectivity index (χ4n) is 2.88. The SMILES string of the molecule is CC(C)(C)OC(=O)c1ccc(-c2cc(CO)cc(OCc3ccccc3)c2)cc1. The summed E-state index contributed by atoms with van der Waals surface area (Å²) in [5.41, 5.74) is 3.65. The van der Waals surface area contributed by atoms with Crippen molar-refractivity contribution >= 4 is 5.97 Å². The average Bonchev–Trinajstić information content (AvgIpc) is 2.71. The molecular formula is C25H26O4. The molecule has 0 aliphatic heterocycles. The van der Waals surface area contributed by atoms with Gasteiger partial charge in [-0.2, -0.15) is 0 Å². The molecule has 4 nitrogen and oxygen atoms in total. The maximum Gasteiger partial charge on any atom is 0.338 e. The molecule has 0 aliphatic carbocycles. The van der Waals surface area contributed by atoms with Gasteiger partial charge in [0.1, 0.15) is 18.0 Å². The Kier molecular flexibility index (Phi) is 6.35. The fraction of sp³-hybridized carbons (Fsp3) is 0.240. The minimum Gasteiger partial charge on any atom is -0.489 e. The van der Waals surface area contributed by atoms with Gasteiger partial charge < -0.3 is 14.6 Å². The lowest BCUT2D eigenvalue weighted by Crippen LogP contribution is -2.23. The van der Waals surface area contributed by atoms with Crippen LogP contribution in [-0.2, 0) is 18.0 Å². The van der Waals surface area contributed by atoms with Crippen LogP contribution in [0.1, 0.15) is 42.3 Å². The number of carbonyl (C=O) groups is 1. The van der Waals surface area contributed by atoms with Crippen LogP contribution in [0.15, 0.2) is 72.8 Å². The average molecular weight is 390 g/mol. The van der Waals surface area contributed by atoms with Crippen molar-refractivity contribution in [2.75, 3.05) is 0 Å². The minimum atomic E-state index is -0.532. The van der Waals surface area contributed by atoms with Gasteiger partial charge >= 0.3 is 5.97 Å². The quantitative estimate of drug-likeness (QED) is 0.574. The van der Waals surface area contributed by atoms with Crippen molar-refractivity contribution in [1.82, 2.24) is 0 Å². The Morgan fingerprint density at radius 1 is 0.862 bits per heavy atom. The molecule has 0 amide bonds. The number of aliphatic hydroxyl groups excluding tert-OH is 1. The first-order chi connectivity index (χ1) is 13.8. The second-order valence-electron chi connectivity index (χ2n) is 7.88. The van der Waals surface area contributed by atoms with Crippen LogP contribution in [0.2, 0.25) is 0 Å². The van der Waals surface area contributed by atoms with Gasteiger partial charge in [-0.1, -0.05) is 42.5 Å². The van der Waals surface area contributed by atoms with Crippen molar-refractivity contribution in [1.29, 1.82) is 0 Å². The number of benzene rings is 3. The molecule has 4 heteroatoms. The van der Waals surface area contributed by atoms with Crippen LogP contribution in [0.5, 0.6) is 5.75 Å². The topological polar surface area (TPSA) is 55.8 Å². The van der Waals surface area contributed by atoms with E-state index in [-0.39, 0.29) is 12.6 Å². The third-order valence-electron chi connectivity index (χ3n) is 4.25. The zero-order valence-electron chi connectivity index (χ0n) is 17.0. The molecule has 0 spiro atoms. The second-order valence-corrected chi connectivity index (χ2v) is 7.88. The van der Waals surface area contributed by atoms with E-state index < -0.39 is 5.60 Å². The van der Waals surface area contributed by atoms with Crippen LogP contribution in [0.25, 0.3) is 11.1 Å².